The summed E-state index contributed by atoms with van der Waals surface area (Å²) in [4.78, 5) is 0. The van der Waals surface area contributed by atoms with Crippen LogP contribution in [0.4, 0.5) is 0 Å². The van der Waals surface area contributed by atoms with E-state index in [-0.39, 0.29) is 32.7 Å². The van der Waals surface area contributed by atoms with Crippen molar-refractivity contribution in [2.24, 2.45) is 5.41 Å². The van der Waals surface area contributed by atoms with Gasteiger partial charge in [-0.15, -0.1) is 0 Å². The third-order valence-electron chi connectivity index (χ3n) is 0.750. The van der Waals surface area contributed by atoms with Crippen LogP contribution in [0.5, 0.6) is 0 Å². The molecule has 0 aliphatic carbocycles. The zero-order valence-corrected chi connectivity index (χ0v) is 11.8. The van der Waals surface area contributed by atoms with E-state index in [1.807, 2.05) is 0 Å². The molecule has 0 aromatic heterocycles. The van der Waals surface area contributed by atoms with Crippen molar-refractivity contribution in [3.8, 4) is 0 Å². The van der Waals surface area contributed by atoms with E-state index in [0.717, 1.165) is 6.42 Å². The summed E-state index contributed by atoms with van der Waals surface area (Å²) >= 11 is 0. The Kier molecular flexibility index (Phi) is 15.0. The Morgan fingerprint density at radius 1 is 1.09 bits per heavy atom. The topological polar surface area (TPSA) is 0 Å². The summed E-state index contributed by atoms with van der Waals surface area (Å²) in [6, 6.07) is 0. The summed E-state index contributed by atoms with van der Waals surface area (Å²) in [5.74, 6) is 1.42. The van der Waals surface area contributed by atoms with Crippen molar-refractivity contribution in [3.05, 3.63) is 12.8 Å². The van der Waals surface area contributed by atoms with Crippen LogP contribution in [0.25, 0.3) is 0 Å². The standard InChI is InChI=1S/C6H13.C4H9.Y/c1-5-6(2,3)4;1-4(2)3;/h1,5H2,2-4H3;1-3H3;/q2*-1;. The van der Waals surface area contributed by atoms with Gasteiger partial charge in [0.1, 0.15) is 0 Å². The zero-order valence-electron chi connectivity index (χ0n) is 8.99. The molecule has 0 aliphatic heterocycles. The smallest absolute Gasteiger partial charge is 0 e. The molecular weight excluding hydrogens is 209 g/mol. The summed E-state index contributed by atoms with van der Waals surface area (Å²) in [5, 5.41) is 0. The van der Waals surface area contributed by atoms with Crippen LogP contribution in [0.15, 0.2) is 0 Å². The van der Waals surface area contributed by atoms with Crippen molar-refractivity contribution < 1.29 is 32.7 Å². The average Bonchev–Trinajstić information content (AvgIpc) is 1.63. The van der Waals surface area contributed by atoms with Gasteiger partial charge in [-0.3, -0.25) is 0 Å². The molecule has 0 saturated heterocycles. The minimum absolute atomic E-state index is 0. The van der Waals surface area contributed by atoms with Gasteiger partial charge in [-0.2, -0.15) is 27.2 Å². The largest absolute Gasteiger partial charge is 0.343 e. The predicted molar refractivity (Wildman–Crippen MR) is 49.7 cm³/mol. The maximum Gasteiger partial charge on any atom is 0 e. The SMILES string of the molecule is C[C-](C)C.[CH2-]CC(C)(C)C.[Y]. The minimum Gasteiger partial charge on any atom is -0.343 e. The van der Waals surface area contributed by atoms with Crippen molar-refractivity contribution in [2.45, 2.75) is 48.0 Å². The number of hydrogen-bond acceptors (Lipinski definition) is 0. The monoisotopic (exact) mass is 231 g/mol. The van der Waals surface area contributed by atoms with E-state index < -0.39 is 0 Å². The van der Waals surface area contributed by atoms with Gasteiger partial charge in [-0.25, -0.2) is 0 Å². The van der Waals surface area contributed by atoms with Gasteiger partial charge in [0.25, 0.3) is 0 Å². The Bertz CT molecular complexity index is 57.0. The fourth-order valence-corrected chi connectivity index (χ4v) is 0. The quantitative estimate of drug-likeness (QED) is 0.555. The van der Waals surface area contributed by atoms with E-state index in [0.29, 0.717) is 5.41 Å². The Hall–Kier alpha value is 1.10. The van der Waals surface area contributed by atoms with Crippen LogP contribution >= 0.6 is 0 Å². The maximum absolute atomic E-state index is 3.76. The van der Waals surface area contributed by atoms with Gasteiger partial charge in [0.05, 0.1) is 0 Å². The van der Waals surface area contributed by atoms with Gasteiger partial charge in [0.15, 0.2) is 0 Å². The van der Waals surface area contributed by atoms with Gasteiger partial charge in [-0.1, -0.05) is 26.2 Å². The molecule has 67 valence electrons. The molecule has 0 unspecified atom stereocenters. The molecule has 0 atom stereocenters. The first-order valence-corrected chi connectivity index (χ1v) is 3.85. The molecular formula is C10H22Y-2. The fraction of sp³-hybridized carbons (Fsp3) is 0.800. The summed E-state index contributed by atoms with van der Waals surface area (Å²) in [6.45, 7) is 16.5. The summed E-state index contributed by atoms with van der Waals surface area (Å²) in [7, 11) is 0. The van der Waals surface area contributed by atoms with Gasteiger partial charge in [-0.05, 0) is 0 Å². The van der Waals surface area contributed by atoms with Crippen LogP contribution in [0.1, 0.15) is 48.0 Å². The number of rotatable bonds is 0. The van der Waals surface area contributed by atoms with E-state index >= 15 is 0 Å². The zero-order chi connectivity index (χ0) is 8.78. The van der Waals surface area contributed by atoms with Gasteiger partial charge >= 0.3 is 0 Å². The van der Waals surface area contributed by atoms with Crippen LogP contribution < -0.4 is 0 Å². The predicted octanol–water partition coefficient (Wildman–Crippen LogP) is 3.87. The average molecular weight is 231 g/mol. The van der Waals surface area contributed by atoms with Crippen molar-refractivity contribution in [2.75, 3.05) is 0 Å². The van der Waals surface area contributed by atoms with Crippen molar-refractivity contribution >= 4 is 0 Å². The summed E-state index contributed by atoms with van der Waals surface area (Å²) in [6.07, 6.45) is 1.02. The molecule has 0 amide bonds. The first-order valence-electron chi connectivity index (χ1n) is 3.85. The van der Waals surface area contributed by atoms with Crippen LogP contribution in [-0.2, 0) is 32.7 Å². The second kappa shape index (κ2) is 9.19. The number of hydrogen-bond donors (Lipinski definition) is 0. The van der Waals surface area contributed by atoms with Gasteiger partial charge in [0.2, 0.25) is 0 Å². The van der Waals surface area contributed by atoms with Gasteiger partial charge < -0.3 is 12.8 Å². The van der Waals surface area contributed by atoms with E-state index in [1.165, 1.54) is 5.92 Å². The van der Waals surface area contributed by atoms with Crippen LogP contribution in [0.2, 0.25) is 0 Å². The summed E-state index contributed by atoms with van der Waals surface area (Å²) < 4.78 is 0. The first-order chi connectivity index (χ1) is 4.29. The molecule has 0 N–H and O–H groups in total. The Morgan fingerprint density at radius 3 is 1.18 bits per heavy atom. The molecule has 0 fully saturated rings. The first kappa shape index (κ1) is 18.0. The molecule has 11 heavy (non-hydrogen) atoms. The second-order valence-corrected chi connectivity index (χ2v) is 4.31. The molecule has 0 rings (SSSR count). The molecule has 0 saturated carbocycles. The summed E-state index contributed by atoms with van der Waals surface area (Å²) in [5.41, 5.74) is 0.431. The van der Waals surface area contributed by atoms with E-state index in [9.17, 15) is 0 Å². The van der Waals surface area contributed by atoms with Crippen LogP contribution in [0, 0.1) is 18.3 Å². The van der Waals surface area contributed by atoms with E-state index in [1.54, 1.807) is 0 Å². The Balaban J connectivity index is -0.000000114. The van der Waals surface area contributed by atoms with Gasteiger partial charge in [0, 0.05) is 32.7 Å². The molecule has 1 radical (unpaired) electrons. The van der Waals surface area contributed by atoms with Crippen LogP contribution in [-0.4, -0.2) is 0 Å². The van der Waals surface area contributed by atoms with Crippen LogP contribution in [0.3, 0.4) is 0 Å². The van der Waals surface area contributed by atoms with Crippen molar-refractivity contribution in [1.82, 2.24) is 0 Å². The minimum atomic E-state index is 0. The van der Waals surface area contributed by atoms with E-state index in [2.05, 4.69) is 48.5 Å². The molecule has 0 spiro atoms. The third-order valence-corrected chi connectivity index (χ3v) is 0.750. The Labute approximate surface area is 98.4 Å². The van der Waals surface area contributed by atoms with Crippen molar-refractivity contribution in [3.63, 3.8) is 0 Å². The Morgan fingerprint density at radius 2 is 1.18 bits per heavy atom. The molecule has 0 aliphatic rings. The molecule has 0 bridgehead atoms. The second-order valence-electron chi connectivity index (χ2n) is 4.31. The van der Waals surface area contributed by atoms with E-state index in [4.69, 9.17) is 0 Å². The molecule has 1 heteroatoms. The normalized spacial score (nSPS) is 9.82. The fourth-order valence-electron chi connectivity index (χ4n) is 0. The van der Waals surface area contributed by atoms with Crippen molar-refractivity contribution in [1.29, 1.82) is 0 Å². The maximum atomic E-state index is 3.76. The molecule has 0 heterocycles. The molecule has 0 nitrogen and oxygen atoms in total. The third kappa shape index (κ3) is 54.6. The molecule has 0 aromatic carbocycles. The molecule has 0 aromatic rings.